The highest BCUT2D eigenvalue weighted by molar-refractivity contribution is 5.81. The van der Waals surface area contributed by atoms with E-state index in [1.165, 1.54) is 5.56 Å². The molecule has 1 aliphatic carbocycles. The van der Waals surface area contributed by atoms with Crippen molar-refractivity contribution >= 4 is 5.91 Å². The van der Waals surface area contributed by atoms with E-state index in [1.54, 1.807) is 7.11 Å². The number of hydrogen-bond acceptors (Lipinski definition) is 3. The maximum absolute atomic E-state index is 12.4. The highest BCUT2D eigenvalue weighted by atomic mass is 16.5. The van der Waals surface area contributed by atoms with E-state index >= 15 is 0 Å². The quantitative estimate of drug-likeness (QED) is 0.877. The van der Waals surface area contributed by atoms with Crippen LogP contribution in [0.3, 0.4) is 0 Å². The van der Waals surface area contributed by atoms with Gasteiger partial charge >= 0.3 is 0 Å². The molecule has 23 heavy (non-hydrogen) atoms. The second kappa shape index (κ2) is 6.91. The number of rotatable bonds is 6. The Hall–Kier alpha value is -1.55. The molecule has 0 bridgehead atoms. The van der Waals surface area contributed by atoms with Gasteiger partial charge in [0.1, 0.15) is 5.75 Å². The van der Waals surface area contributed by atoms with Crippen LogP contribution in [0.4, 0.5) is 0 Å². The number of carbonyl (C=O) groups excluding carboxylic acids is 1. The van der Waals surface area contributed by atoms with Crippen LogP contribution in [0.2, 0.25) is 0 Å². The number of likely N-dealkylation sites (tertiary alicyclic amines) is 1. The zero-order valence-electron chi connectivity index (χ0n) is 14.4. The molecular weight excluding hydrogens is 288 g/mol. The summed E-state index contributed by atoms with van der Waals surface area (Å²) in [6, 6.07) is 8.52. The van der Waals surface area contributed by atoms with E-state index in [-0.39, 0.29) is 17.9 Å². The third-order valence-corrected chi connectivity index (χ3v) is 5.25. The van der Waals surface area contributed by atoms with Gasteiger partial charge in [-0.2, -0.15) is 0 Å². The van der Waals surface area contributed by atoms with E-state index < -0.39 is 0 Å². The number of nitrogens with zero attached hydrogens (tertiary/aromatic N) is 1. The molecule has 3 rings (SSSR count). The van der Waals surface area contributed by atoms with Crippen molar-refractivity contribution < 1.29 is 9.53 Å². The van der Waals surface area contributed by atoms with Crippen LogP contribution < -0.4 is 10.1 Å². The van der Waals surface area contributed by atoms with E-state index in [4.69, 9.17) is 4.74 Å². The minimum atomic E-state index is 0.218. The number of benzene rings is 1. The Morgan fingerprint density at radius 3 is 2.57 bits per heavy atom. The zero-order valence-corrected chi connectivity index (χ0v) is 14.4. The topological polar surface area (TPSA) is 41.6 Å². The molecule has 1 aromatic rings. The molecule has 1 aliphatic heterocycles. The molecule has 1 saturated heterocycles. The monoisotopic (exact) mass is 316 g/mol. The van der Waals surface area contributed by atoms with Crippen LogP contribution >= 0.6 is 0 Å². The maximum atomic E-state index is 12.4. The first-order chi connectivity index (χ1) is 11.1. The van der Waals surface area contributed by atoms with Crippen LogP contribution in [0.5, 0.6) is 5.75 Å². The van der Waals surface area contributed by atoms with E-state index in [9.17, 15) is 4.79 Å². The Balaban J connectivity index is 1.71. The van der Waals surface area contributed by atoms with Gasteiger partial charge < -0.3 is 15.0 Å². The van der Waals surface area contributed by atoms with Gasteiger partial charge in [-0.15, -0.1) is 0 Å². The normalized spacial score (nSPS) is 30.2. The second-order valence-electron chi connectivity index (χ2n) is 7.07. The highest BCUT2D eigenvalue weighted by Gasteiger charge is 2.42. The van der Waals surface area contributed by atoms with Gasteiger partial charge in [0, 0.05) is 31.0 Å². The molecule has 4 heteroatoms. The Morgan fingerprint density at radius 2 is 2.00 bits per heavy atom. The largest absolute Gasteiger partial charge is 0.497 e. The van der Waals surface area contributed by atoms with Crippen molar-refractivity contribution in [2.45, 2.75) is 38.6 Å². The molecule has 2 unspecified atom stereocenters. The predicted octanol–water partition coefficient (Wildman–Crippen LogP) is 2.65. The van der Waals surface area contributed by atoms with Crippen molar-refractivity contribution in [1.29, 1.82) is 0 Å². The highest BCUT2D eigenvalue weighted by Crippen LogP contribution is 2.38. The summed E-state index contributed by atoms with van der Waals surface area (Å²) < 4.78 is 5.25. The smallest absolute Gasteiger partial charge is 0.223 e. The first kappa shape index (κ1) is 16.3. The van der Waals surface area contributed by atoms with Crippen molar-refractivity contribution in [3.63, 3.8) is 0 Å². The third kappa shape index (κ3) is 3.69. The van der Waals surface area contributed by atoms with Crippen LogP contribution in [0.15, 0.2) is 24.3 Å². The Labute approximate surface area is 139 Å². The van der Waals surface area contributed by atoms with Gasteiger partial charge in [-0.1, -0.05) is 26.0 Å². The average molecular weight is 316 g/mol. The first-order valence-electron chi connectivity index (χ1n) is 8.79. The summed E-state index contributed by atoms with van der Waals surface area (Å²) in [5.74, 6) is 2.30. The van der Waals surface area contributed by atoms with Gasteiger partial charge in [-0.25, -0.2) is 0 Å². The van der Waals surface area contributed by atoms with E-state index in [1.807, 2.05) is 12.1 Å². The number of ether oxygens (including phenoxy) is 1. The summed E-state index contributed by atoms with van der Waals surface area (Å²) >= 11 is 0. The van der Waals surface area contributed by atoms with Gasteiger partial charge in [-0.05, 0) is 43.0 Å². The van der Waals surface area contributed by atoms with Gasteiger partial charge in [0.05, 0.1) is 7.11 Å². The summed E-state index contributed by atoms with van der Waals surface area (Å²) in [6.07, 6.45) is 2.19. The van der Waals surface area contributed by atoms with E-state index in [0.717, 1.165) is 38.2 Å². The zero-order chi connectivity index (χ0) is 16.4. The molecule has 1 aromatic carbocycles. The van der Waals surface area contributed by atoms with Crippen molar-refractivity contribution in [3.05, 3.63) is 29.8 Å². The lowest BCUT2D eigenvalue weighted by Gasteiger charge is -2.20. The lowest BCUT2D eigenvalue weighted by Crippen LogP contribution is -2.40. The van der Waals surface area contributed by atoms with Crippen LogP contribution in [-0.4, -0.2) is 43.6 Å². The molecule has 0 radical (unpaired) electrons. The molecule has 1 heterocycles. The molecule has 2 aliphatic rings. The summed E-state index contributed by atoms with van der Waals surface area (Å²) in [4.78, 5) is 14.8. The van der Waals surface area contributed by atoms with Crippen molar-refractivity contribution in [3.8, 4) is 5.75 Å². The molecule has 0 spiro atoms. The molecule has 1 amide bonds. The number of nitrogens with one attached hydrogen (secondary N) is 1. The predicted molar refractivity (Wildman–Crippen MR) is 91.7 cm³/mol. The molecule has 1 N–H and O–H groups in total. The molecule has 1 saturated carbocycles. The fourth-order valence-electron chi connectivity index (χ4n) is 3.70. The van der Waals surface area contributed by atoms with Crippen molar-refractivity contribution in [2.24, 2.45) is 11.8 Å². The van der Waals surface area contributed by atoms with Crippen LogP contribution in [0.25, 0.3) is 0 Å². The second-order valence-corrected chi connectivity index (χ2v) is 7.07. The summed E-state index contributed by atoms with van der Waals surface area (Å²) in [5.41, 5.74) is 1.29. The molecule has 4 nitrogen and oxygen atoms in total. The van der Waals surface area contributed by atoms with E-state index in [0.29, 0.717) is 11.8 Å². The van der Waals surface area contributed by atoms with Crippen LogP contribution in [-0.2, 0) is 4.79 Å². The SMILES string of the molecule is CCCN1C[C@H](NC(=O)C2CC2C)[C@@H](c2ccc(OC)cc2)C1. The van der Waals surface area contributed by atoms with Gasteiger partial charge in [0.2, 0.25) is 5.91 Å². The first-order valence-corrected chi connectivity index (χ1v) is 8.79. The van der Waals surface area contributed by atoms with Crippen molar-refractivity contribution in [2.75, 3.05) is 26.7 Å². The summed E-state index contributed by atoms with van der Waals surface area (Å²) in [7, 11) is 1.69. The number of hydrogen-bond donors (Lipinski definition) is 1. The minimum absolute atomic E-state index is 0.218. The molecular formula is C19H28N2O2. The van der Waals surface area contributed by atoms with Crippen LogP contribution in [0.1, 0.15) is 38.2 Å². The summed E-state index contributed by atoms with van der Waals surface area (Å²) in [6.45, 7) is 7.44. The van der Waals surface area contributed by atoms with Gasteiger partial charge in [-0.3, -0.25) is 4.79 Å². The Bertz CT molecular complexity index is 543. The maximum Gasteiger partial charge on any atom is 0.223 e. The number of carbonyl (C=O) groups is 1. The van der Waals surface area contributed by atoms with Crippen molar-refractivity contribution in [1.82, 2.24) is 10.2 Å². The molecule has 0 aromatic heterocycles. The standard InChI is InChI=1S/C19H28N2O2/c1-4-9-21-11-17(14-5-7-15(23-3)8-6-14)18(12-21)20-19(22)16-10-13(16)2/h5-8,13,16-18H,4,9-12H2,1-3H3,(H,20,22)/t13?,16?,17-,18+/m1/s1. The number of amides is 1. The van der Waals surface area contributed by atoms with Gasteiger partial charge in [0.25, 0.3) is 0 Å². The Kier molecular flexibility index (Phi) is 4.90. The molecule has 2 fully saturated rings. The third-order valence-electron chi connectivity index (χ3n) is 5.25. The molecule has 126 valence electrons. The minimum Gasteiger partial charge on any atom is -0.497 e. The van der Waals surface area contributed by atoms with E-state index in [2.05, 4.69) is 36.2 Å². The average Bonchev–Trinajstić information content (AvgIpc) is 3.16. The number of methoxy groups -OCH3 is 1. The lowest BCUT2D eigenvalue weighted by atomic mass is 9.94. The lowest BCUT2D eigenvalue weighted by molar-refractivity contribution is -0.123. The Morgan fingerprint density at radius 1 is 1.30 bits per heavy atom. The fourth-order valence-corrected chi connectivity index (χ4v) is 3.70. The fraction of sp³-hybridized carbons (Fsp3) is 0.632. The molecule has 4 atom stereocenters. The summed E-state index contributed by atoms with van der Waals surface area (Å²) in [5, 5.41) is 3.32. The van der Waals surface area contributed by atoms with Crippen LogP contribution in [0, 0.1) is 11.8 Å². The van der Waals surface area contributed by atoms with Gasteiger partial charge in [0.15, 0.2) is 0 Å².